The number of hydrogen-bond acceptors (Lipinski definition) is 4. The van der Waals surface area contributed by atoms with Gasteiger partial charge in [0, 0.05) is 28.4 Å². The Hall–Kier alpha value is -4.10. The normalized spacial score (nSPS) is 11.8. The topological polar surface area (TPSA) is 88.3 Å². The molecule has 4 aromatic carbocycles. The summed E-state index contributed by atoms with van der Waals surface area (Å²) in [5.74, 6) is 0.684. The molecule has 0 aliphatic heterocycles. The first kappa shape index (κ1) is 26.5. The van der Waals surface area contributed by atoms with E-state index < -0.39 is 9.84 Å². The zero-order chi connectivity index (χ0) is 27.6. The Labute approximate surface area is 228 Å². The Balaban J connectivity index is 1.45. The van der Waals surface area contributed by atoms with Crippen LogP contribution in [0.1, 0.15) is 47.8 Å². The van der Waals surface area contributed by atoms with Crippen molar-refractivity contribution in [3.8, 4) is 5.75 Å². The number of hydrogen-bond donors (Lipinski definition) is 2. The van der Waals surface area contributed by atoms with E-state index in [9.17, 15) is 13.2 Å². The zero-order valence-corrected chi connectivity index (χ0v) is 23.1. The number of sulfone groups is 1. The second-order valence-corrected chi connectivity index (χ2v) is 12.2. The highest BCUT2D eigenvalue weighted by Crippen LogP contribution is 2.31. The van der Waals surface area contributed by atoms with Crippen LogP contribution >= 0.6 is 0 Å². The van der Waals surface area contributed by atoms with Crippen LogP contribution in [0.2, 0.25) is 0 Å². The van der Waals surface area contributed by atoms with E-state index in [2.05, 4.69) is 22.4 Å². The van der Waals surface area contributed by atoms with Gasteiger partial charge in [-0.25, -0.2) is 8.42 Å². The van der Waals surface area contributed by atoms with E-state index in [1.165, 1.54) is 0 Å². The number of H-pyrrole nitrogens is 1. The minimum absolute atomic E-state index is 0.0524. The summed E-state index contributed by atoms with van der Waals surface area (Å²) in [6.45, 7) is 5.92. The van der Waals surface area contributed by atoms with Gasteiger partial charge in [-0.05, 0) is 79.4 Å². The molecule has 0 saturated heterocycles. The van der Waals surface area contributed by atoms with Crippen LogP contribution in [0.4, 0.5) is 0 Å². The molecule has 1 amide bonds. The molecule has 39 heavy (non-hydrogen) atoms. The van der Waals surface area contributed by atoms with Gasteiger partial charge in [-0.2, -0.15) is 0 Å². The van der Waals surface area contributed by atoms with Crippen molar-refractivity contribution in [2.75, 3.05) is 5.75 Å². The van der Waals surface area contributed by atoms with Crippen molar-refractivity contribution in [3.05, 3.63) is 107 Å². The molecule has 0 saturated carbocycles. The van der Waals surface area contributed by atoms with Gasteiger partial charge in [0.05, 0.1) is 22.3 Å². The third-order valence-electron chi connectivity index (χ3n) is 6.74. The third kappa shape index (κ3) is 5.83. The zero-order valence-electron chi connectivity index (χ0n) is 22.3. The minimum atomic E-state index is -3.26. The third-order valence-corrected chi connectivity index (χ3v) is 8.49. The molecule has 1 heterocycles. The maximum absolute atomic E-state index is 13.3. The van der Waals surface area contributed by atoms with E-state index >= 15 is 0 Å². The molecule has 200 valence electrons. The fraction of sp³-hybridized carbons (Fsp3) is 0.219. The largest absolute Gasteiger partial charge is 0.491 e. The SMILES string of the molecule is CCS(=O)(=O)c1ccc(CNC(=O)c2cc(Cc3cccc(OC(C)C)c3)c3[nH]c4ccccc4c3c2)cc1. The highest BCUT2D eigenvalue weighted by atomic mass is 32.2. The molecule has 0 unspecified atom stereocenters. The monoisotopic (exact) mass is 540 g/mol. The molecule has 6 nitrogen and oxygen atoms in total. The first-order chi connectivity index (χ1) is 18.7. The molecule has 7 heteroatoms. The summed E-state index contributed by atoms with van der Waals surface area (Å²) in [6, 6.07) is 26.7. The van der Waals surface area contributed by atoms with Gasteiger partial charge < -0.3 is 15.0 Å². The van der Waals surface area contributed by atoms with Gasteiger partial charge in [0.15, 0.2) is 9.84 Å². The molecule has 5 aromatic rings. The van der Waals surface area contributed by atoms with E-state index in [4.69, 9.17) is 4.74 Å². The highest BCUT2D eigenvalue weighted by molar-refractivity contribution is 7.91. The smallest absolute Gasteiger partial charge is 0.251 e. The van der Waals surface area contributed by atoms with Gasteiger partial charge in [-0.3, -0.25) is 4.79 Å². The number of aromatic amines is 1. The fourth-order valence-electron chi connectivity index (χ4n) is 4.78. The number of benzene rings is 4. The van der Waals surface area contributed by atoms with Gasteiger partial charge in [0.1, 0.15) is 5.75 Å². The van der Waals surface area contributed by atoms with Crippen molar-refractivity contribution in [2.45, 2.75) is 44.7 Å². The first-order valence-corrected chi connectivity index (χ1v) is 14.8. The van der Waals surface area contributed by atoms with Crippen LogP contribution in [0.15, 0.2) is 89.8 Å². The molecular weight excluding hydrogens is 508 g/mol. The Morgan fingerprint density at radius 2 is 1.67 bits per heavy atom. The number of nitrogens with one attached hydrogen (secondary N) is 2. The lowest BCUT2D eigenvalue weighted by atomic mass is 9.98. The van der Waals surface area contributed by atoms with Gasteiger partial charge >= 0.3 is 0 Å². The van der Waals surface area contributed by atoms with Crippen LogP contribution in [0.5, 0.6) is 5.75 Å². The standard InChI is InChI=1S/C32H32N2O4S/c1-4-39(36,37)27-14-12-22(13-15-27)20-33-32(35)25-18-24(16-23-8-7-9-26(17-23)38-21(2)3)31-29(19-25)28-10-5-6-11-30(28)34-31/h5-15,17-19,21,34H,4,16,20H2,1-3H3,(H,33,35). The van der Waals surface area contributed by atoms with Gasteiger partial charge in [-0.1, -0.05) is 49.4 Å². The number of fused-ring (bicyclic) bond motifs is 3. The molecule has 5 rings (SSSR count). The minimum Gasteiger partial charge on any atom is -0.491 e. The van der Waals surface area contributed by atoms with E-state index in [0.29, 0.717) is 18.5 Å². The van der Waals surface area contributed by atoms with Crippen LogP contribution < -0.4 is 10.1 Å². The Bertz CT molecular complexity index is 1750. The highest BCUT2D eigenvalue weighted by Gasteiger charge is 2.16. The van der Waals surface area contributed by atoms with Gasteiger partial charge in [0.2, 0.25) is 0 Å². The van der Waals surface area contributed by atoms with E-state index in [0.717, 1.165) is 44.2 Å². The summed E-state index contributed by atoms with van der Waals surface area (Å²) >= 11 is 0. The number of carbonyl (C=O) groups excluding carboxylic acids is 1. The van der Waals surface area contributed by atoms with Crippen LogP contribution in [0, 0.1) is 0 Å². The first-order valence-electron chi connectivity index (χ1n) is 13.1. The molecular formula is C32H32N2O4S. The molecule has 0 fully saturated rings. The number of amides is 1. The van der Waals surface area contributed by atoms with Crippen molar-refractivity contribution in [3.63, 3.8) is 0 Å². The van der Waals surface area contributed by atoms with Crippen molar-refractivity contribution < 1.29 is 17.9 Å². The van der Waals surface area contributed by atoms with Gasteiger partial charge in [0.25, 0.3) is 5.91 Å². The van der Waals surface area contributed by atoms with Crippen molar-refractivity contribution in [1.82, 2.24) is 10.3 Å². The summed E-state index contributed by atoms with van der Waals surface area (Å²) in [6.07, 6.45) is 0.715. The van der Waals surface area contributed by atoms with Crippen molar-refractivity contribution in [1.29, 1.82) is 0 Å². The number of aromatic nitrogens is 1. The van der Waals surface area contributed by atoms with Crippen LogP contribution in [0.25, 0.3) is 21.8 Å². The predicted octanol–water partition coefficient (Wildman–Crippen LogP) is 6.42. The number of rotatable bonds is 9. The Morgan fingerprint density at radius 1 is 0.897 bits per heavy atom. The lowest BCUT2D eigenvalue weighted by Crippen LogP contribution is -2.23. The Morgan fingerprint density at radius 3 is 2.41 bits per heavy atom. The summed E-state index contributed by atoms with van der Waals surface area (Å²) < 4.78 is 30.1. The average Bonchev–Trinajstić information content (AvgIpc) is 3.31. The quantitative estimate of drug-likeness (QED) is 0.226. The van der Waals surface area contributed by atoms with E-state index in [-0.39, 0.29) is 22.7 Å². The molecule has 0 aliphatic carbocycles. The van der Waals surface area contributed by atoms with E-state index in [1.54, 1.807) is 31.2 Å². The summed E-state index contributed by atoms with van der Waals surface area (Å²) in [7, 11) is -3.26. The molecule has 2 N–H and O–H groups in total. The lowest BCUT2D eigenvalue weighted by Gasteiger charge is -2.12. The second kappa shape index (κ2) is 10.9. The summed E-state index contributed by atoms with van der Waals surface area (Å²) in [5.41, 5.74) is 5.54. The molecule has 0 aliphatic rings. The number of carbonyl (C=O) groups is 1. The molecule has 1 aromatic heterocycles. The predicted molar refractivity (Wildman–Crippen MR) is 156 cm³/mol. The molecule has 0 radical (unpaired) electrons. The van der Waals surface area contributed by atoms with Gasteiger partial charge in [-0.15, -0.1) is 0 Å². The molecule has 0 bridgehead atoms. The molecule has 0 spiro atoms. The maximum atomic E-state index is 13.3. The summed E-state index contributed by atoms with van der Waals surface area (Å²) in [4.78, 5) is 17.2. The van der Waals surface area contributed by atoms with Crippen LogP contribution in [-0.4, -0.2) is 31.2 Å². The van der Waals surface area contributed by atoms with Crippen LogP contribution in [0.3, 0.4) is 0 Å². The van der Waals surface area contributed by atoms with Crippen molar-refractivity contribution in [2.24, 2.45) is 0 Å². The van der Waals surface area contributed by atoms with E-state index in [1.807, 2.05) is 62.4 Å². The van der Waals surface area contributed by atoms with Crippen molar-refractivity contribution >= 4 is 37.6 Å². The maximum Gasteiger partial charge on any atom is 0.251 e. The fourth-order valence-corrected chi connectivity index (χ4v) is 5.67. The van der Waals surface area contributed by atoms with Crippen LogP contribution in [-0.2, 0) is 22.8 Å². The summed E-state index contributed by atoms with van der Waals surface area (Å²) in [5, 5.41) is 5.06. The number of ether oxygens (including phenoxy) is 1. The second-order valence-electron chi connectivity index (χ2n) is 9.95. The average molecular weight is 541 g/mol. The molecule has 0 atom stereocenters. The lowest BCUT2D eigenvalue weighted by molar-refractivity contribution is 0.0951. The number of para-hydroxylation sites is 1. The Kier molecular flexibility index (Phi) is 7.44.